The third-order valence-corrected chi connectivity index (χ3v) is 4.90. The monoisotopic (exact) mass is 361 g/mol. The second kappa shape index (κ2) is 11.2. The molecule has 0 atom stereocenters. The maximum Gasteiger partial charge on any atom is 0.188 e. The smallest absolute Gasteiger partial charge is 0.188 e. The number of aliphatic imine (C=N–C) groups is 1. The number of guanidine groups is 1. The molecule has 26 heavy (non-hydrogen) atoms. The first-order valence-electron chi connectivity index (χ1n) is 9.67. The summed E-state index contributed by atoms with van der Waals surface area (Å²) in [6.07, 6.45) is 1.06. The predicted molar refractivity (Wildman–Crippen MR) is 108 cm³/mol. The first-order chi connectivity index (χ1) is 12.6. The molecule has 0 radical (unpaired) electrons. The molecule has 0 amide bonds. The van der Waals surface area contributed by atoms with Crippen LogP contribution in [-0.4, -0.2) is 68.2 Å². The van der Waals surface area contributed by atoms with Gasteiger partial charge in [-0.05, 0) is 45.0 Å². The van der Waals surface area contributed by atoms with Crippen molar-refractivity contribution >= 4 is 5.96 Å². The van der Waals surface area contributed by atoms with Gasteiger partial charge in [-0.2, -0.15) is 0 Å². The van der Waals surface area contributed by atoms with Gasteiger partial charge in [0.1, 0.15) is 0 Å². The zero-order valence-corrected chi connectivity index (χ0v) is 16.6. The Kier molecular flexibility index (Phi) is 8.88. The van der Waals surface area contributed by atoms with E-state index < -0.39 is 0 Å². The summed E-state index contributed by atoms with van der Waals surface area (Å²) in [5, 5.41) is 3.23. The standard InChI is InChI=1S/C20H35N5O/c1-17(2)24(3)16-19-8-5-4-7-18(19)15-23-20(21)22-9-6-10-25-11-13-26-14-12-25/h4-5,7-8,17H,6,9-16H2,1-3H3,(H3,21,22,23). The normalized spacial score (nSPS) is 16.4. The van der Waals surface area contributed by atoms with Crippen molar-refractivity contribution in [3.05, 3.63) is 35.4 Å². The van der Waals surface area contributed by atoms with E-state index in [1.165, 1.54) is 11.1 Å². The number of nitrogens with two attached hydrogens (primary N) is 1. The van der Waals surface area contributed by atoms with Crippen LogP contribution in [0.15, 0.2) is 29.3 Å². The highest BCUT2D eigenvalue weighted by molar-refractivity contribution is 5.77. The average molecular weight is 362 g/mol. The Morgan fingerprint density at radius 1 is 1.27 bits per heavy atom. The Labute approximate surface area is 158 Å². The van der Waals surface area contributed by atoms with Gasteiger partial charge in [-0.1, -0.05) is 24.3 Å². The number of hydrogen-bond acceptors (Lipinski definition) is 4. The molecule has 2 rings (SSSR count). The fourth-order valence-corrected chi connectivity index (χ4v) is 2.89. The molecule has 0 spiro atoms. The van der Waals surface area contributed by atoms with Gasteiger partial charge in [0.25, 0.3) is 0 Å². The molecule has 3 N–H and O–H groups in total. The third kappa shape index (κ3) is 7.32. The predicted octanol–water partition coefficient (Wildman–Crippen LogP) is 1.65. The Hall–Kier alpha value is -1.63. The van der Waals surface area contributed by atoms with Gasteiger partial charge < -0.3 is 15.8 Å². The van der Waals surface area contributed by atoms with Crippen molar-refractivity contribution in [1.29, 1.82) is 0 Å². The van der Waals surface area contributed by atoms with Gasteiger partial charge in [0.05, 0.1) is 19.8 Å². The lowest BCUT2D eigenvalue weighted by molar-refractivity contribution is 0.0376. The van der Waals surface area contributed by atoms with Crippen LogP contribution in [0.25, 0.3) is 0 Å². The maximum absolute atomic E-state index is 6.04. The molecule has 1 aliphatic heterocycles. The Bertz CT molecular complexity index is 555. The minimum Gasteiger partial charge on any atom is -0.379 e. The van der Waals surface area contributed by atoms with E-state index in [9.17, 15) is 0 Å². The Morgan fingerprint density at radius 3 is 2.65 bits per heavy atom. The van der Waals surface area contributed by atoms with Crippen LogP contribution < -0.4 is 11.1 Å². The Morgan fingerprint density at radius 2 is 1.96 bits per heavy atom. The molecular formula is C20H35N5O. The van der Waals surface area contributed by atoms with E-state index in [4.69, 9.17) is 10.5 Å². The molecule has 0 saturated carbocycles. The van der Waals surface area contributed by atoms with Gasteiger partial charge in [0, 0.05) is 32.2 Å². The summed E-state index contributed by atoms with van der Waals surface area (Å²) in [5.74, 6) is 0.527. The van der Waals surface area contributed by atoms with Gasteiger partial charge in [-0.15, -0.1) is 0 Å². The molecule has 0 unspecified atom stereocenters. The molecule has 1 saturated heterocycles. The number of ether oxygens (including phenoxy) is 1. The second-order valence-corrected chi connectivity index (χ2v) is 7.21. The third-order valence-electron chi connectivity index (χ3n) is 4.90. The van der Waals surface area contributed by atoms with Crippen molar-refractivity contribution in [3.63, 3.8) is 0 Å². The summed E-state index contributed by atoms with van der Waals surface area (Å²) in [4.78, 5) is 9.28. The van der Waals surface area contributed by atoms with Crippen LogP contribution in [0.5, 0.6) is 0 Å². The van der Waals surface area contributed by atoms with Gasteiger partial charge >= 0.3 is 0 Å². The van der Waals surface area contributed by atoms with E-state index in [0.29, 0.717) is 18.5 Å². The van der Waals surface area contributed by atoms with E-state index in [1.807, 2.05) is 0 Å². The number of hydrogen-bond donors (Lipinski definition) is 2. The fraction of sp³-hybridized carbons (Fsp3) is 0.650. The summed E-state index contributed by atoms with van der Waals surface area (Å²) in [7, 11) is 2.15. The summed E-state index contributed by atoms with van der Waals surface area (Å²) >= 11 is 0. The average Bonchev–Trinajstić information content (AvgIpc) is 2.65. The lowest BCUT2D eigenvalue weighted by Crippen LogP contribution is -2.39. The van der Waals surface area contributed by atoms with Crippen LogP contribution in [0.3, 0.4) is 0 Å². The van der Waals surface area contributed by atoms with Gasteiger partial charge in [-0.25, -0.2) is 4.99 Å². The number of nitrogens with zero attached hydrogens (tertiary/aromatic N) is 3. The van der Waals surface area contributed by atoms with E-state index in [1.54, 1.807) is 0 Å². The fourth-order valence-electron chi connectivity index (χ4n) is 2.89. The zero-order valence-electron chi connectivity index (χ0n) is 16.6. The van der Waals surface area contributed by atoms with Crippen molar-refractivity contribution in [3.8, 4) is 0 Å². The van der Waals surface area contributed by atoms with Crippen LogP contribution in [0, 0.1) is 0 Å². The summed E-state index contributed by atoms with van der Waals surface area (Å²) < 4.78 is 5.37. The highest BCUT2D eigenvalue weighted by atomic mass is 16.5. The highest BCUT2D eigenvalue weighted by Gasteiger charge is 2.09. The molecule has 146 valence electrons. The molecule has 1 heterocycles. The minimum atomic E-state index is 0.518. The first kappa shape index (κ1) is 20.7. The van der Waals surface area contributed by atoms with Crippen molar-refractivity contribution in [2.45, 2.75) is 39.4 Å². The molecule has 6 heteroatoms. The topological polar surface area (TPSA) is 66.1 Å². The van der Waals surface area contributed by atoms with Gasteiger partial charge in [-0.3, -0.25) is 9.80 Å². The summed E-state index contributed by atoms with van der Waals surface area (Å²) in [6, 6.07) is 8.98. The maximum atomic E-state index is 6.04. The Balaban J connectivity index is 1.75. The van der Waals surface area contributed by atoms with Crippen molar-refractivity contribution in [2.24, 2.45) is 10.7 Å². The van der Waals surface area contributed by atoms with E-state index >= 15 is 0 Å². The van der Waals surface area contributed by atoms with Crippen molar-refractivity contribution in [1.82, 2.24) is 15.1 Å². The molecule has 0 bridgehead atoms. The van der Waals surface area contributed by atoms with Gasteiger partial charge in [0.2, 0.25) is 0 Å². The summed E-state index contributed by atoms with van der Waals surface area (Å²) in [6.45, 7) is 11.7. The molecule has 0 aromatic heterocycles. The molecule has 1 aliphatic rings. The van der Waals surface area contributed by atoms with Crippen LogP contribution in [0.2, 0.25) is 0 Å². The molecule has 1 aromatic carbocycles. The van der Waals surface area contributed by atoms with Crippen LogP contribution in [0.1, 0.15) is 31.4 Å². The summed E-state index contributed by atoms with van der Waals surface area (Å²) in [5.41, 5.74) is 8.58. The molecule has 6 nitrogen and oxygen atoms in total. The van der Waals surface area contributed by atoms with E-state index in [0.717, 1.165) is 52.4 Å². The van der Waals surface area contributed by atoms with Crippen molar-refractivity contribution < 1.29 is 4.74 Å². The minimum absolute atomic E-state index is 0.518. The molecule has 1 aromatic rings. The zero-order chi connectivity index (χ0) is 18.8. The quantitative estimate of drug-likeness (QED) is 0.398. The van der Waals surface area contributed by atoms with E-state index in [-0.39, 0.29) is 0 Å². The van der Waals surface area contributed by atoms with Crippen LogP contribution >= 0.6 is 0 Å². The lowest BCUT2D eigenvalue weighted by atomic mass is 10.1. The second-order valence-electron chi connectivity index (χ2n) is 7.21. The van der Waals surface area contributed by atoms with E-state index in [2.05, 4.69) is 65.3 Å². The lowest BCUT2D eigenvalue weighted by Gasteiger charge is -2.26. The number of benzene rings is 1. The SMILES string of the molecule is CC(C)N(C)Cc1ccccc1CN=C(N)NCCCN1CCOCC1. The van der Waals surface area contributed by atoms with Crippen LogP contribution in [-0.2, 0) is 17.8 Å². The molecule has 1 fully saturated rings. The number of morpholine rings is 1. The van der Waals surface area contributed by atoms with Gasteiger partial charge in [0.15, 0.2) is 5.96 Å². The van der Waals surface area contributed by atoms with Crippen LogP contribution in [0.4, 0.5) is 0 Å². The number of rotatable bonds is 9. The molecular weight excluding hydrogens is 326 g/mol. The van der Waals surface area contributed by atoms with Crippen molar-refractivity contribution in [2.75, 3.05) is 46.4 Å². The first-order valence-corrected chi connectivity index (χ1v) is 9.67. The molecule has 0 aliphatic carbocycles. The number of nitrogens with one attached hydrogen (secondary N) is 1. The largest absolute Gasteiger partial charge is 0.379 e. The highest BCUT2D eigenvalue weighted by Crippen LogP contribution is 2.13.